The van der Waals surface area contributed by atoms with Crippen LogP contribution in [0.1, 0.15) is 34.1 Å². The van der Waals surface area contributed by atoms with Gasteiger partial charge in [0.05, 0.1) is 23.3 Å². The van der Waals surface area contributed by atoms with Crippen LogP contribution >= 0.6 is 0 Å². The Morgan fingerprint density at radius 1 is 1.18 bits per heavy atom. The van der Waals surface area contributed by atoms with Gasteiger partial charge in [-0.1, -0.05) is 0 Å². The summed E-state index contributed by atoms with van der Waals surface area (Å²) in [7, 11) is 0. The van der Waals surface area contributed by atoms with Crippen molar-refractivity contribution in [3.8, 4) is 0 Å². The van der Waals surface area contributed by atoms with Gasteiger partial charge in [-0.25, -0.2) is 0 Å². The van der Waals surface area contributed by atoms with Crippen LogP contribution in [-0.2, 0) is 4.74 Å². The molecule has 2 saturated heterocycles. The highest BCUT2D eigenvalue weighted by Crippen LogP contribution is 2.48. The number of aliphatic hydroxyl groups is 1. The molecule has 17 heavy (non-hydrogen) atoms. The summed E-state index contributed by atoms with van der Waals surface area (Å²) in [5.41, 5.74) is -0.696. The van der Waals surface area contributed by atoms with Crippen LogP contribution in [0.15, 0.2) is 0 Å². The predicted octanol–water partition coefficient (Wildman–Crippen LogP) is 0.600. The van der Waals surface area contributed by atoms with Crippen LogP contribution in [0.2, 0.25) is 0 Å². The summed E-state index contributed by atoms with van der Waals surface area (Å²) in [5, 5.41) is 13.4. The minimum absolute atomic E-state index is 0.156. The lowest BCUT2D eigenvalue weighted by Gasteiger charge is -2.48. The van der Waals surface area contributed by atoms with Gasteiger partial charge in [0, 0.05) is 26.2 Å². The molecular weight excluding hydrogens is 216 g/mol. The molecule has 0 bridgehead atoms. The third-order valence-electron chi connectivity index (χ3n) is 4.35. The molecule has 2 aliphatic rings. The van der Waals surface area contributed by atoms with Crippen molar-refractivity contribution >= 4 is 0 Å². The monoisotopic (exact) mass is 242 g/mol. The third-order valence-corrected chi connectivity index (χ3v) is 4.35. The fourth-order valence-electron chi connectivity index (χ4n) is 3.67. The summed E-state index contributed by atoms with van der Waals surface area (Å²) in [4.78, 5) is 2.41. The number of piperazine rings is 1. The van der Waals surface area contributed by atoms with E-state index in [4.69, 9.17) is 4.74 Å². The first-order valence-electron chi connectivity index (χ1n) is 6.60. The molecule has 0 aliphatic carbocycles. The van der Waals surface area contributed by atoms with E-state index in [1.54, 1.807) is 0 Å². The highest BCUT2D eigenvalue weighted by Gasteiger charge is 2.59. The lowest BCUT2D eigenvalue weighted by Crippen LogP contribution is -2.65. The van der Waals surface area contributed by atoms with Crippen molar-refractivity contribution < 1.29 is 9.84 Å². The second kappa shape index (κ2) is 4.19. The van der Waals surface area contributed by atoms with E-state index in [1.165, 1.54) is 0 Å². The van der Waals surface area contributed by atoms with Crippen LogP contribution in [0, 0.1) is 0 Å². The second-order valence-corrected chi connectivity index (χ2v) is 6.48. The molecule has 2 rings (SSSR count). The molecule has 1 atom stereocenters. The standard InChI is InChI=1S/C13H26N2O2/c1-11(2)9-13(10-16,12(3,4)17-11)15-7-5-14-6-8-15/h14,16H,5-10H2,1-4H3. The number of aliphatic hydroxyl groups excluding tert-OH is 1. The zero-order valence-electron chi connectivity index (χ0n) is 11.5. The van der Waals surface area contributed by atoms with Crippen LogP contribution < -0.4 is 5.32 Å². The molecule has 0 aromatic heterocycles. The maximum atomic E-state index is 9.99. The average molecular weight is 242 g/mol. The molecule has 0 amide bonds. The Morgan fingerprint density at radius 2 is 1.76 bits per heavy atom. The lowest BCUT2D eigenvalue weighted by molar-refractivity contribution is -0.119. The molecule has 4 heteroatoms. The molecule has 2 fully saturated rings. The Morgan fingerprint density at radius 3 is 2.18 bits per heavy atom. The lowest BCUT2D eigenvalue weighted by atomic mass is 9.77. The van der Waals surface area contributed by atoms with Crippen molar-refractivity contribution in [3.05, 3.63) is 0 Å². The molecule has 100 valence electrons. The van der Waals surface area contributed by atoms with Crippen molar-refractivity contribution in [1.82, 2.24) is 10.2 Å². The Labute approximate surface area is 104 Å². The van der Waals surface area contributed by atoms with Gasteiger partial charge in [-0.05, 0) is 34.1 Å². The van der Waals surface area contributed by atoms with Crippen molar-refractivity contribution in [2.45, 2.75) is 50.9 Å². The van der Waals surface area contributed by atoms with Gasteiger partial charge >= 0.3 is 0 Å². The van der Waals surface area contributed by atoms with E-state index in [-0.39, 0.29) is 23.3 Å². The highest BCUT2D eigenvalue weighted by atomic mass is 16.5. The quantitative estimate of drug-likeness (QED) is 0.744. The van der Waals surface area contributed by atoms with E-state index < -0.39 is 0 Å². The Hall–Kier alpha value is -0.160. The van der Waals surface area contributed by atoms with Gasteiger partial charge in [0.25, 0.3) is 0 Å². The van der Waals surface area contributed by atoms with E-state index in [9.17, 15) is 5.11 Å². The van der Waals surface area contributed by atoms with Gasteiger partial charge in [-0.2, -0.15) is 0 Å². The first-order chi connectivity index (χ1) is 7.83. The van der Waals surface area contributed by atoms with Gasteiger partial charge in [0.2, 0.25) is 0 Å². The summed E-state index contributed by atoms with van der Waals surface area (Å²) in [5.74, 6) is 0. The van der Waals surface area contributed by atoms with E-state index in [0.29, 0.717) is 0 Å². The Balaban J connectivity index is 2.29. The molecule has 2 aliphatic heterocycles. The molecule has 0 saturated carbocycles. The van der Waals surface area contributed by atoms with Crippen molar-refractivity contribution in [3.63, 3.8) is 0 Å². The minimum atomic E-state index is -0.303. The SMILES string of the molecule is CC1(C)CC(CO)(N2CCNCC2)C(C)(C)O1. The van der Waals surface area contributed by atoms with E-state index in [2.05, 4.69) is 37.9 Å². The average Bonchev–Trinajstić information content (AvgIpc) is 2.45. The van der Waals surface area contributed by atoms with Gasteiger partial charge in [0.15, 0.2) is 0 Å². The number of hydrogen-bond donors (Lipinski definition) is 2. The molecule has 0 aromatic carbocycles. The Bertz CT molecular complexity index is 285. The largest absolute Gasteiger partial charge is 0.394 e. The van der Waals surface area contributed by atoms with Crippen molar-refractivity contribution in [2.75, 3.05) is 32.8 Å². The predicted molar refractivity (Wildman–Crippen MR) is 68.1 cm³/mol. The normalized spacial score (nSPS) is 37.2. The fourth-order valence-corrected chi connectivity index (χ4v) is 3.67. The summed E-state index contributed by atoms with van der Waals surface area (Å²) < 4.78 is 6.17. The number of nitrogens with zero attached hydrogens (tertiary/aromatic N) is 1. The van der Waals surface area contributed by atoms with E-state index in [0.717, 1.165) is 32.6 Å². The smallest absolute Gasteiger partial charge is 0.0840 e. The summed E-state index contributed by atoms with van der Waals surface area (Å²) >= 11 is 0. The van der Waals surface area contributed by atoms with Crippen molar-refractivity contribution in [2.24, 2.45) is 0 Å². The molecular formula is C13H26N2O2. The minimum Gasteiger partial charge on any atom is -0.394 e. The molecule has 0 aromatic rings. The van der Waals surface area contributed by atoms with Gasteiger partial charge in [-0.3, -0.25) is 4.90 Å². The molecule has 2 N–H and O–H groups in total. The van der Waals surface area contributed by atoms with Crippen LogP contribution in [0.3, 0.4) is 0 Å². The van der Waals surface area contributed by atoms with Crippen LogP contribution in [0.5, 0.6) is 0 Å². The van der Waals surface area contributed by atoms with Gasteiger partial charge in [0.1, 0.15) is 0 Å². The number of hydrogen-bond acceptors (Lipinski definition) is 4. The van der Waals surface area contributed by atoms with Crippen LogP contribution in [0.4, 0.5) is 0 Å². The molecule has 0 radical (unpaired) electrons. The van der Waals surface area contributed by atoms with Gasteiger partial charge < -0.3 is 15.2 Å². The van der Waals surface area contributed by atoms with E-state index >= 15 is 0 Å². The second-order valence-electron chi connectivity index (χ2n) is 6.48. The first-order valence-corrected chi connectivity index (χ1v) is 6.60. The molecule has 2 heterocycles. The molecule has 1 unspecified atom stereocenters. The number of nitrogens with one attached hydrogen (secondary N) is 1. The maximum absolute atomic E-state index is 9.99. The zero-order valence-corrected chi connectivity index (χ0v) is 11.5. The summed E-state index contributed by atoms with van der Waals surface area (Å²) in [6.07, 6.45) is 0.892. The third kappa shape index (κ3) is 2.12. The fraction of sp³-hybridized carbons (Fsp3) is 1.00. The van der Waals surface area contributed by atoms with Gasteiger partial charge in [-0.15, -0.1) is 0 Å². The summed E-state index contributed by atoms with van der Waals surface area (Å²) in [6, 6.07) is 0. The molecule has 0 spiro atoms. The zero-order chi connectivity index (χ0) is 12.7. The topological polar surface area (TPSA) is 44.7 Å². The van der Waals surface area contributed by atoms with E-state index in [1.807, 2.05) is 0 Å². The Kier molecular flexibility index (Phi) is 3.28. The van der Waals surface area contributed by atoms with Crippen LogP contribution in [0.25, 0.3) is 0 Å². The van der Waals surface area contributed by atoms with Crippen LogP contribution in [-0.4, -0.2) is 59.5 Å². The number of ether oxygens (including phenoxy) is 1. The number of rotatable bonds is 2. The highest BCUT2D eigenvalue weighted by molar-refractivity contribution is 5.12. The van der Waals surface area contributed by atoms with Crippen molar-refractivity contribution in [1.29, 1.82) is 0 Å². The summed E-state index contributed by atoms with van der Waals surface area (Å²) in [6.45, 7) is 12.6. The first kappa shape index (κ1) is 13.3. The maximum Gasteiger partial charge on any atom is 0.0840 e. The molecule has 4 nitrogen and oxygen atoms in total.